The fourth-order valence-electron chi connectivity index (χ4n) is 2.24. The molecule has 2 rings (SSSR count). The number of carbonyl (C=O) groups excluding carboxylic acids is 1. The summed E-state index contributed by atoms with van der Waals surface area (Å²) in [5.74, 6) is 0.0836. The fourth-order valence-corrected chi connectivity index (χ4v) is 2.24. The third-order valence-corrected chi connectivity index (χ3v) is 3.60. The highest BCUT2D eigenvalue weighted by atomic mass is 16.3. The van der Waals surface area contributed by atoms with Crippen LogP contribution in [0.1, 0.15) is 28.6 Å². The van der Waals surface area contributed by atoms with E-state index in [9.17, 15) is 9.90 Å². The maximum Gasteiger partial charge on any atom is 0.287 e. The van der Waals surface area contributed by atoms with Gasteiger partial charge in [-0.2, -0.15) is 0 Å². The minimum absolute atomic E-state index is 0.000683. The van der Waals surface area contributed by atoms with E-state index in [2.05, 4.69) is 5.32 Å². The SMILES string of the molecule is Cc1ccoc1C(=O)NC[C@@](C)(CO)Cc1ccccc1. The van der Waals surface area contributed by atoms with Gasteiger partial charge in [-0.05, 0) is 25.0 Å². The Kier molecular flexibility index (Phi) is 4.81. The van der Waals surface area contributed by atoms with Gasteiger partial charge in [0.05, 0.1) is 12.9 Å². The number of furan rings is 1. The van der Waals surface area contributed by atoms with Gasteiger partial charge in [0, 0.05) is 17.5 Å². The second kappa shape index (κ2) is 6.59. The van der Waals surface area contributed by atoms with Gasteiger partial charge in [-0.1, -0.05) is 37.3 Å². The van der Waals surface area contributed by atoms with Gasteiger partial charge in [0.15, 0.2) is 5.76 Å². The lowest BCUT2D eigenvalue weighted by Gasteiger charge is -2.27. The lowest BCUT2D eigenvalue weighted by atomic mass is 9.84. The summed E-state index contributed by atoms with van der Waals surface area (Å²) in [6, 6.07) is 11.7. The van der Waals surface area contributed by atoms with E-state index in [0.29, 0.717) is 18.7 Å². The molecule has 2 N–H and O–H groups in total. The van der Waals surface area contributed by atoms with Crippen molar-refractivity contribution in [1.82, 2.24) is 5.32 Å². The van der Waals surface area contributed by atoms with Crippen molar-refractivity contribution in [2.24, 2.45) is 5.41 Å². The Balaban J connectivity index is 1.98. The van der Waals surface area contributed by atoms with Gasteiger partial charge in [0.1, 0.15) is 0 Å². The van der Waals surface area contributed by atoms with Crippen molar-refractivity contribution in [3.8, 4) is 0 Å². The summed E-state index contributed by atoms with van der Waals surface area (Å²) in [5.41, 5.74) is 1.54. The van der Waals surface area contributed by atoms with Crippen LogP contribution in [0.2, 0.25) is 0 Å². The molecule has 0 unspecified atom stereocenters. The first-order chi connectivity index (χ1) is 10.0. The molecule has 21 heavy (non-hydrogen) atoms. The number of hydrogen-bond acceptors (Lipinski definition) is 3. The Morgan fingerprint density at radius 1 is 1.29 bits per heavy atom. The maximum absolute atomic E-state index is 12.1. The summed E-state index contributed by atoms with van der Waals surface area (Å²) in [6.07, 6.45) is 2.20. The van der Waals surface area contributed by atoms with E-state index < -0.39 is 5.41 Å². The lowest BCUT2D eigenvalue weighted by molar-refractivity contribution is 0.0868. The number of nitrogens with one attached hydrogen (secondary N) is 1. The van der Waals surface area contributed by atoms with Crippen LogP contribution in [0.25, 0.3) is 0 Å². The van der Waals surface area contributed by atoms with Crippen molar-refractivity contribution in [3.63, 3.8) is 0 Å². The summed E-state index contributed by atoms with van der Waals surface area (Å²) in [5, 5.41) is 12.5. The van der Waals surface area contributed by atoms with Crippen molar-refractivity contribution >= 4 is 5.91 Å². The van der Waals surface area contributed by atoms with Crippen LogP contribution in [0.3, 0.4) is 0 Å². The predicted octanol–water partition coefficient (Wildman–Crippen LogP) is 2.56. The van der Waals surface area contributed by atoms with Gasteiger partial charge in [-0.3, -0.25) is 4.79 Å². The van der Waals surface area contributed by atoms with Crippen LogP contribution in [-0.4, -0.2) is 24.2 Å². The monoisotopic (exact) mass is 287 g/mol. The zero-order valence-electron chi connectivity index (χ0n) is 12.4. The molecule has 0 spiro atoms. The molecular weight excluding hydrogens is 266 g/mol. The standard InChI is InChI=1S/C17H21NO3/c1-13-8-9-21-15(13)16(20)18-11-17(2,12-19)10-14-6-4-3-5-7-14/h3-9,19H,10-12H2,1-2H3,(H,18,20)/t17-/m0/s1. The predicted molar refractivity (Wildman–Crippen MR) is 81.1 cm³/mol. The minimum atomic E-state index is -0.405. The summed E-state index contributed by atoms with van der Waals surface area (Å²) < 4.78 is 5.17. The molecule has 1 amide bonds. The maximum atomic E-state index is 12.1. The zero-order chi connectivity index (χ0) is 15.3. The number of aryl methyl sites for hydroxylation is 1. The molecule has 0 saturated heterocycles. The molecular formula is C17H21NO3. The van der Waals surface area contributed by atoms with E-state index in [4.69, 9.17) is 4.42 Å². The second-order valence-corrected chi connectivity index (χ2v) is 5.75. The highest BCUT2D eigenvalue weighted by molar-refractivity contribution is 5.92. The molecule has 4 heteroatoms. The topological polar surface area (TPSA) is 62.5 Å². The third-order valence-electron chi connectivity index (χ3n) is 3.60. The first kappa shape index (κ1) is 15.3. The van der Waals surface area contributed by atoms with Crippen molar-refractivity contribution in [1.29, 1.82) is 0 Å². The highest BCUT2D eigenvalue weighted by Gasteiger charge is 2.25. The summed E-state index contributed by atoms with van der Waals surface area (Å²) in [7, 11) is 0. The summed E-state index contributed by atoms with van der Waals surface area (Å²) >= 11 is 0. The number of amides is 1. The lowest BCUT2D eigenvalue weighted by Crippen LogP contribution is -2.39. The van der Waals surface area contributed by atoms with Gasteiger partial charge in [0.25, 0.3) is 5.91 Å². The Morgan fingerprint density at radius 3 is 2.57 bits per heavy atom. The third kappa shape index (κ3) is 3.95. The van der Waals surface area contributed by atoms with E-state index in [0.717, 1.165) is 11.1 Å². The highest BCUT2D eigenvalue weighted by Crippen LogP contribution is 2.21. The van der Waals surface area contributed by atoms with E-state index in [1.54, 1.807) is 6.07 Å². The molecule has 0 aliphatic heterocycles. The van der Waals surface area contributed by atoms with E-state index in [1.165, 1.54) is 6.26 Å². The molecule has 1 atom stereocenters. The molecule has 0 fully saturated rings. The fraction of sp³-hybridized carbons (Fsp3) is 0.353. The Bertz CT molecular complexity index is 591. The molecule has 0 aliphatic carbocycles. The van der Waals surface area contributed by atoms with Crippen LogP contribution in [-0.2, 0) is 6.42 Å². The normalized spacial score (nSPS) is 13.7. The second-order valence-electron chi connectivity index (χ2n) is 5.75. The number of aliphatic hydroxyl groups is 1. The van der Waals surface area contributed by atoms with Gasteiger partial charge in [0.2, 0.25) is 0 Å². The quantitative estimate of drug-likeness (QED) is 0.858. The molecule has 1 heterocycles. The zero-order valence-corrected chi connectivity index (χ0v) is 12.4. The molecule has 1 aromatic heterocycles. The first-order valence-corrected chi connectivity index (χ1v) is 7.01. The Hall–Kier alpha value is -2.07. The van der Waals surface area contributed by atoms with Crippen LogP contribution < -0.4 is 5.32 Å². The number of benzene rings is 1. The Morgan fingerprint density at radius 2 is 2.00 bits per heavy atom. The molecule has 0 radical (unpaired) electrons. The number of hydrogen-bond donors (Lipinski definition) is 2. The average molecular weight is 287 g/mol. The van der Waals surface area contributed by atoms with Crippen molar-refractivity contribution in [2.45, 2.75) is 20.3 Å². The number of rotatable bonds is 6. The molecule has 112 valence electrons. The van der Waals surface area contributed by atoms with E-state index in [1.807, 2.05) is 44.2 Å². The smallest absolute Gasteiger partial charge is 0.287 e. The Labute approximate surface area is 124 Å². The van der Waals surface area contributed by atoms with Crippen LogP contribution in [0.5, 0.6) is 0 Å². The van der Waals surface area contributed by atoms with Gasteiger partial charge >= 0.3 is 0 Å². The summed E-state index contributed by atoms with van der Waals surface area (Å²) in [6.45, 7) is 4.17. The van der Waals surface area contributed by atoms with Gasteiger partial charge in [-0.15, -0.1) is 0 Å². The van der Waals surface area contributed by atoms with Gasteiger partial charge < -0.3 is 14.8 Å². The van der Waals surface area contributed by atoms with Crippen molar-refractivity contribution < 1.29 is 14.3 Å². The molecule has 1 aromatic carbocycles. The van der Waals surface area contributed by atoms with Crippen LogP contribution in [0.15, 0.2) is 47.1 Å². The van der Waals surface area contributed by atoms with Crippen molar-refractivity contribution in [3.05, 3.63) is 59.5 Å². The van der Waals surface area contributed by atoms with Crippen LogP contribution >= 0.6 is 0 Å². The molecule has 0 saturated carbocycles. The van der Waals surface area contributed by atoms with E-state index >= 15 is 0 Å². The van der Waals surface area contributed by atoms with Gasteiger partial charge in [-0.25, -0.2) is 0 Å². The number of carbonyl (C=O) groups is 1. The molecule has 4 nitrogen and oxygen atoms in total. The molecule has 0 aliphatic rings. The van der Waals surface area contributed by atoms with E-state index in [-0.39, 0.29) is 12.5 Å². The number of aliphatic hydroxyl groups excluding tert-OH is 1. The largest absolute Gasteiger partial charge is 0.459 e. The van der Waals surface area contributed by atoms with Crippen LogP contribution in [0, 0.1) is 12.3 Å². The minimum Gasteiger partial charge on any atom is -0.459 e. The first-order valence-electron chi connectivity index (χ1n) is 7.01. The summed E-state index contributed by atoms with van der Waals surface area (Å²) in [4.78, 5) is 12.1. The average Bonchev–Trinajstić information content (AvgIpc) is 2.92. The van der Waals surface area contributed by atoms with Crippen LogP contribution in [0.4, 0.5) is 0 Å². The van der Waals surface area contributed by atoms with Crippen molar-refractivity contribution in [2.75, 3.05) is 13.2 Å². The molecule has 0 bridgehead atoms. The molecule has 2 aromatic rings.